The molecule has 6 heteroatoms. The lowest BCUT2D eigenvalue weighted by atomic mass is 10.1. The summed E-state index contributed by atoms with van der Waals surface area (Å²) in [6.07, 6.45) is 4.67. The Labute approximate surface area is 159 Å². The first-order valence-corrected chi connectivity index (χ1v) is 9.54. The summed E-state index contributed by atoms with van der Waals surface area (Å²) < 4.78 is 2.29. The van der Waals surface area contributed by atoms with Crippen molar-refractivity contribution >= 4 is 17.0 Å². The van der Waals surface area contributed by atoms with Crippen LogP contribution in [0.2, 0.25) is 0 Å². The first-order valence-electron chi connectivity index (χ1n) is 9.54. The van der Waals surface area contributed by atoms with E-state index in [2.05, 4.69) is 39.6 Å². The van der Waals surface area contributed by atoms with Crippen LogP contribution in [0.5, 0.6) is 0 Å². The summed E-state index contributed by atoms with van der Waals surface area (Å²) in [5.74, 6) is 0.962. The third-order valence-electron chi connectivity index (χ3n) is 5.27. The van der Waals surface area contributed by atoms with Gasteiger partial charge in [-0.05, 0) is 43.5 Å². The molecule has 3 heterocycles. The summed E-state index contributed by atoms with van der Waals surface area (Å²) in [6, 6.07) is 14.4. The van der Waals surface area contributed by atoms with Gasteiger partial charge in [0.2, 0.25) is 5.95 Å². The van der Waals surface area contributed by atoms with Crippen molar-refractivity contribution in [1.29, 1.82) is 5.26 Å². The minimum absolute atomic E-state index is 0.0540. The summed E-state index contributed by atoms with van der Waals surface area (Å²) in [4.78, 5) is 11.8. The van der Waals surface area contributed by atoms with E-state index < -0.39 is 0 Å². The summed E-state index contributed by atoms with van der Waals surface area (Å²) in [7, 11) is 0. The molecule has 2 N–H and O–H groups in total. The number of imidazole rings is 1. The van der Waals surface area contributed by atoms with Crippen molar-refractivity contribution in [2.75, 3.05) is 18.0 Å². The number of nitrogens with zero attached hydrogens (tertiary/aromatic N) is 5. The minimum atomic E-state index is 0.0540. The van der Waals surface area contributed by atoms with Crippen LogP contribution in [-0.2, 0) is 0 Å². The van der Waals surface area contributed by atoms with Gasteiger partial charge in [-0.15, -0.1) is 0 Å². The molecule has 1 saturated heterocycles. The second-order valence-electron chi connectivity index (χ2n) is 7.13. The molecule has 138 valence electrons. The van der Waals surface area contributed by atoms with E-state index in [0.29, 0.717) is 5.56 Å². The first-order chi connectivity index (χ1) is 13.2. The number of fused-ring (bicyclic) bond motifs is 1. The van der Waals surface area contributed by atoms with Gasteiger partial charge in [0.25, 0.3) is 0 Å². The Balaban J connectivity index is 1.84. The van der Waals surface area contributed by atoms with E-state index in [-0.39, 0.29) is 12.1 Å². The topological polar surface area (TPSA) is 83.8 Å². The Morgan fingerprint density at radius 3 is 2.85 bits per heavy atom. The molecule has 1 fully saturated rings. The second kappa shape index (κ2) is 7.37. The molecule has 0 saturated carbocycles. The monoisotopic (exact) mass is 360 g/mol. The van der Waals surface area contributed by atoms with Gasteiger partial charge in [0.1, 0.15) is 6.07 Å². The smallest absolute Gasteiger partial charge is 0.207 e. The van der Waals surface area contributed by atoms with E-state index in [1.807, 2.05) is 24.3 Å². The van der Waals surface area contributed by atoms with Crippen LogP contribution in [0.15, 0.2) is 42.6 Å². The standard InChI is InChI=1S/C21H24N6/c1-2-19(17-10-9-15(12-22)13-24-17)27-20-8-4-3-7-18(20)25-21(27)26-11-5-6-16(23)14-26/h3-4,7-10,13,16,19H,2,5-6,11,14,23H2,1H3/t16-,19?/m0/s1. The molecule has 27 heavy (non-hydrogen) atoms. The number of piperidine rings is 1. The average molecular weight is 360 g/mol. The molecular weight excluding hydrogens is 336 g/mol. The number of rotatable bonds is 4. The lowest BCUT2D eigenvalue weighted by Crippen LogP contribution is -2.44. The Hall–Kier alpha value is -2.91. The van der Waals surface area contributed by atoms with E-state index in [1.165, 1.54) is 0 Å². The molecular formula is C21H24N6. The Morgan fingerprint density at radius 1 is 1.30 bits per heavy atom. The maximum absolute atomic E-state index is 9.07. The van der Waals surface area contributed by atoms with Crippen LogP contribution in [0.1, 0.15) is 43.5 Å². The predicted octanol–water partition coefficient (Wildman–Crippen LogP) is 3.23. The number of pyridine rings is 1. The van der Waals surface area contributed by atoms with Crippen LogP contribution in [0, 0.1) is 11.3 Å². The molecule has 2 atom stereocenters. The van der Waals surface area contributed by atoms with Gasteiger partial charge in [-0.1, -0.05) is 19.1 Å². The third kappa shape index (κ3) is 3.26. The number of anilines is 1. The number of hydrogen-bond donors (Lipinski definition) is 1. The molecule has 0 aliphatic carbocycles. The van der Waals surface area contributed by atoms with Crippen LogP contribution in [0.4, 0.5) is 5.95 Å². The van der Waals surface area contributed by atoms with Crippen molar-refractivity contribution in [2.45, 2.75) is 38.3 Å². The van der Waals surface area contributed by atoms with Crippen molar-refractivity contribution < 1.29 is 0 Å². The van der Waals surface area contributed by atoms with E-state index in [0.717, 1.165) is 55.0 Å². The molecule has 6 nitrogen and oxygen atoms in total. The quantitative estimate of drug-likeness (QED) is 0.772. The van der Waals surface area contributed by atoms with Gasteiger partial charge in [0.15, 0.2) is 0 Å². The fraction of sp³-hybridized carbons (Fsp3) is 0.381. The molecule has 1 aliphatic rings. The fourth-order valence-electron chi connectivity index (χ4n) is 3.95. The van der Waals surface area contributed by atoms with Crippen LogP contribution in [0.25, 0.3) is 11.0 Å². The van der Waals surface area contributed by atoms with Crippen LogP contribution in [-0.4, -0.2) is 33.7 Å². The molecule has 0 amide bonds. The number of para-hydroxylation sites is 2. The number of nitriles is 1. The molecule has 0 radical (unpaired) electrons. The van der Waals surface area contributed by atoms with Crippen molar-refractivity contribution in [2.24, 2.45) is 5.73 Å². The molecule has 3 aromatic rings. The third-order valence-corrected chi connectivity index (χ3v) is 5.27. The Kier molecular flexibility index (Phi) is 4.78. The highest BCUT2D eigenvalue weighted by Crippen LogP contribution is 2.33. The zero-order valence-electron chi connectivity index (χ0n) is 15.5. The van der Waals surface area contributed by atoms with Crippen molar-refractivity contribution in [1.82, 2.24) is 14.5 Å². The maximum Gasteiger partial charge on any atom is 0.207 e. The molecule has 0 spiro atoms. The van der Waals surface area contributed by atoms with E-state index in [4.69, 9.17) is 16.0 Å². The van der Waals surface area contributed by atoms with Gasteiger partial charge in [0, 0.05) is 25.3 Å². The minimum Gasteiger partial charge on any atom is -0.341 e. The highest BCUT2D eigenvalue weighted by molar-refractivity contribution is 5.79. The van der Waals surface area contributed by atoms with Crippen LogP contribution in [0.3, 0.4) is 0 Å². The van der Waals surface area contributed by atoms with Gasteiger partial charge in [-0.25, -0.2) is 4.98 Å². The highest BCUT2D eigenvalue weighted by Gasteiger charge is 2.26. The van der Waals surface area contributed by atoms with Crippen LogP contribution < -0.4 is 10.6 Å². The lowest BCUT2D eigenvalue weighted by molar-refractivity contribution is 0.482. The molecule has 1 aromatic carbocycles. The largest absolute Gasteiger partial charge is 0.341 e. The zero-order valence-corrected chi connectivity index (χ0v) is 15.5. The fourth-order valence-corrected chi connectivity index (χ4v) is 3.95. The molecule has 2 aromatic heterocycles. The Morgan fingerprint density at radius 2 is 2.15 bits per heavy atom. The van der Waals surface area contributed by atoms with Crippen LogP contribution >= 0.6 is 0 Å². The van der Waals surface area contributed by atoms with E-state index in [1.54, 1.807) is 6.20 Å². The SMILES string of the molecule is CCC(c1ccc(C#N)cn1)n1c(N2CCC[C@H](N)C2)nc2ccccc21. The van der Waals surface area contributed by atoms with Gasteiger partial charge < -0.3 is 15.2 Å². The average Bonchev–Trinajstić information content (AvgIpc) is 3.09. The second-order valence-corrected chi connectivity index (χ2v) is 7.13. The molecule has 4 rings (SSSR count). The number of aromatic nitrogens is 3. The van der Waals surface area contributed by atoms with Gasteiger partial charge in [-0.3, -0.25) is 4.98 Å². The first kappa shape index (κ1) is 17.5. The van der Waals surface area contributed by atoms with E-state index in [9.17, 15) is 0 Å². The lowest BCUT2D eigenvalue weighted by Gasteiger charge is -2.33. The summed E-state index contributed by atoms with van der Waals surface area (Å²) in [6.45, 7) is 3.94. The summed E-state index contributed by atoms with van der Waals surface area (Å²) in [5.41, 5.74) is 9.85. The number of benzene rings is 1. The van der Waals surface area contributed by atoms with E-state index >= 15 is 0 Å². The molecule has 1 unspecified atom stereocenters. The van der Waals surface area contributed by atoms with Crippen molar-refractivity contribution in [3.63, 3.8) is 0 Å². The zero-order chi connectivity index (χ0) is 18.8. The maximum atomic E-state index is 9.07. The highest BCUT2D eigenvalue weighted by atomic mass is 15.3. The van der Waals surface area contributed by atoms with Crippen molar-refractivity contribution in [3.05, 3.63) is 53.9 Å². The summed E-state index contributed by atoms with van der Waals surface area (Å²) >= 11 is 0. The predicted molar refractivity (Wildman–Crippen MR) is 107 cm³/mol. The van der Waals surface area contributed by atoms with Gasteiger partial charge in [-0.2, -0.15) is 5.26 Å². The molecule has 1 aliphatic heterocycles. The Bertz CT molecular complexity index is 968. The molecule has 0 bridgehead atoms. The van der Waals surface area contributed by atoms with Crippen molar-refractivity contribution in [3.8, 4) is 6.07 Å². The van der Waals surface area contributed by atoms with Gasteiger partial charge >= 0.3 is 0 Å². The normalized spacial score (nSPS) is 18.4. The number of hydrogen-bond acceptors (Lipinski definition) is 5. The summed E-state index contributed by atoms with van der Waals surface area (Å²) in [5, 5.41) is 9.07. The van der Waals surface area contributed by atoms with Gasteiger partial charge in [0.05, 0.1) is 28.3 Å². The number of nitrogens with two attached hydrogens (primary N) is 1.